The molecule has 0 radical (unpaired) electrons. The Bertz CT molecular complexity index is 608. The molecule has 4 aliphatic rings. The Morgan fingerprint density at radius 3 is 2.23 bits per heavy atom. The first kappa shape index (κ1) is 23.6. The van der Waals surface area contributed by atoms with Crippen molar-refractivity contribution in [3.8, 4) is 0 Å². The predicted molar refractivity (Wildman–Crippen MR) is 129 cm³/mol. The van der Waals surface area contributed by atoms with E-state index in [-0.39, 0.29) is 22.5 Å². The summed E-state index contributed by atoms with van der Waals surface area (Å²) in [5.74, 6) is 4.61. The smallest absolute Gasteiger partial charge is 0.0701 e. The second-order valence-electron chi connectivity index (χ2n) is 12.8. The Labute approximate surface area is 194 Å². The van der Waals surface area contributed by atoms with Gasteiger partial charge in [-0.05, 0) is 97.2 Å². The fourth-order valence-electron chi connectivity index (χ4n) is 9.21. The Morgan fingerprint density at radius 2 is 1.53 bits per heavy atom. The van der Waals surface area contributed by atoms with Gasteiger partial charge in [0, 0.05) is 4.83 Å². The number of aliphatic hydroxyl groups excluding tert-OH is 2. The van der Waals surface area contributed by atoms with Crippen molar-refractivity contribution in [3.05, 3.63) is 0 Å². The van der Waals surface area contributed by atoms with Gasteiger partial charge >= 0.3 is 0 Å². The molecule has 11 atom stereocenters. The SMILES string of the molecule is CC(C)CCC[C@@H](C)[C@@H]1CC[C@@H]2[C@@H]3[C@H](O)[C@H](Br)[C@H]4C[C@H](O)CC[C@]4(C)[C@H]3CC[C@@]21C. The molecule has 0 aromatic heterocycles. The number of hydrogen-bond acceptors (Lipinski definition) is 2. The summed E-state index contributed by atoms with van der Waals surface area (Å²) < 4.78 is 0. The molecule has 4 rings (SSSR count). The van der Waals surface area contributed by atoms with Crippen LogP contribution in [-0.4, -0.2) is 27.2 Å². The highest BCUT2D eigenvalue weighted by molar-refractivity contribution is 9.09. The van der Waals surface area contributed by atoms with Crippen LogP contribution in [0.3, 0.4) is 0 Å². The summed E-state index contributed by atoms with van der Waals surface area (Å²) in [7, 11) is 0. The number of aliphatic hydroxyl groups is 2. The zero-order valence-electron chi connectivity index (χ0n) is 20.1. The van der Waals surface area contributed by atoms with Gasteiger partial charge in [0.1, 0.15) is 0 Å². The van der Waals surface area contributed by atoms with E-state index < -0.39 is 0 Å². The van der Waals surface area contributed by atoms with Crippen molar-refractivity contribution in [2.45, 2.75) is 116 Å². The van der Waals surface area contributed by atoms with Gasteiger partial charge in [0.2, 0.25) is 0 Å². The normalized spacial score (nSPS) is 51.9. The van der Waals surface area contributed by atoms with Crippen LogP contribution in [0.4, 0.5) is 0 Å². The topological polar surface area (TPSA) is 40.5 Å². The van der Waals surface area contributed by atoms with Gasteiger partial charge in [0.05, 0.1) is 12.2 Å². The van der Waals surface area contributed by atoms with Crippen molar-refractivity contribution in [3.63, 3.8) is 0 Å². The molecule has 30 heavy (non-hydrogen) atoms. The fourth-order valence-corrected chi connectivity index (χ4v) is 10.4. The van der Waals surface area contributed by atoms with Gasteiger partial charge in [-0.25, -0.2) is 0 Å². The first-order valence-electron chi connectivity index (χ1n) is 13.1. The van der Waals surface area contributed by atoms with E-state index >= 15 is 0 Å². The minimum atomic E-state index is -0.252. The van der Waals surface area contributed by atoms with Crippen LogP contribution in [0.1, 0.15) is 98.8 Å². The lowest BCUT2D eigenvalue weighted by atomic mass is 9.43. The average Bonchev–Trinajstić information content (AvgIpc) is 3.04. The lowest BCUT2D eigenvalue weighted by molar-refractivity contribution is -0.169. The number of alkyl halides is 1. The molecule has 0 aromatic carbocycles. The first-order valence-corrected chi connectivity index (χ1v) is 14.0. The Kier molecular flexibility index (Phi) is 6.78. The maximum Gasteiger partial charge on any atom is 0.0701 e. The highest BCUT2D eigenvalue weighted by Crippen LogP contribution is 2.69. The molecule has 0 saturated heterocycles. The first-order chi connectivity index (χ1) is 14.1. The van der Waals surface area contributed by atoms with E-state index in [1.807, 2.05) is 0 Å². The van der Waals surface area contributed by atoms with Crippen LogP contribution >= 0.6 is 15.9 Å². The van der Waals surface area contributed by atoms with Gasteiger partial charge in [-0.3, -0.25) is 0 Å². The Hall–Kier alpha value is 0.400. The zero-order chi connectivity index (χ0) is 21.8. The summed E-state index contributed by atoms with van der Waals surface area (Å²) in [6.07, 6.45) is 11.9. The molecular formula is C27H47BrO2. The van der Waals surface area contributed by atoms with Crippen LogP contribution < -0.4 is 0 Å². The number of rotatable bonds is 5. The third-order valence-corrected chi connectivity index (χ3v) is 12.1. The molecule has 0 unspecified atom stereocenters. The summed E-state index contributed by atoms with van der Waals surface area (Å²) in [5.41, 5.74) is 0.684. The van der Waals surface area contributed by atoms with Crippen molar-refractivity contribution < 1.29 is 10.2 Å². The third kappa shape index (κ3) is 3.75. The minimum absolute atomic E-state index is 0.142. The largest absolute Gasteiger partial charge is 0.393 e. The van der Waals surface area contributed by atoms with E-state index in [9.17, 15) is 10.2 Å². The summed E-state index contributed by atoms with van der Waals surface area (Å²) in [5, 5.41) is 21.9. The van der Waals surface area contributed by atoms with Crippen LogP contribution in [0.2, 0.25) is 0 Å². The molecule has 0 heterocycles. The van der Waals surface area contributed by atoms with Crippen molar-refractivity contribution in [2.75, 3.05) is 0 Å². The molecule has 0 aliphatic heterocycles. The highest BCUT2D eigenvalue weighted by atomic mass is 79.9. The summed E-state index contributed by atoms with van der Waals surface area (Å²) in [6.45, 7) is 12.3. The van der Waals surface area contributed by atoms with E-state index in [2.05, 4.69) is 50.5 Å². The van der Waals surface area contributed by atoms with E-state index in [4.69, 9.17) is 0 Å². The van der Waals surface area contributed by atoms with Gasteiger partial charge in [0.25, 0.3) is 0 Å². The number of hydrogen-bond donors (Lipinski definition) is 2. The predicted octanol–water partition coefficient (Wildman–Crippen LogP) is 6.81. The molecule has 2 N–H and O–H groups in total. The van der Waals surface area contributed by atoms with Crippen LogP contribution in [0.25, 0.3) is 0 Å². The number of fused-ring (bicyclic) bond motifs is 5. The third-order valence-electron chi connectivity index (χ3n) is 10.9. The summed E-state index contributed by atoms with van der Waals surface area (Å²) in [6, 6.07) is 0. The van der Waals surface area contributed by atoms with Crippen molar-refractivity contribution in [1.82, 2.24) is 0 Å². The van der Waals surface area contributed by atoms with Crippen LogP contribution in [0.5, 0.6) is 0 Å². The quantitative estimate of drug-likeness (QED) is 0.422. The highest BCUT2D eigenvalue weighted by Gasteiger charge is 2.64. The van der Waals surface area contributed by atoms with Gasteiger partial charge in [0.15, 0.2) is 0 Å². The molecule has 0 bridgehead atoms. The summed E-state index contributed by atoms with van der Waals surface area (Å²) >= 11 is 3.97. The molecule has 0 spiro atoms. The molecule has 4 aliphatic carbocycles. The molecule has 2 nitrogen and oxygen atoms in total. The minimum Gasteiger partial charge on any atom is -0.393 e. The zero-order valence-corrected chi connectivity index (χ0v) is 21.7. The van der Waals surface area contributed by atoms with Crippen molar-refractivity contribution in [2.24, 2.45) is 52.3 Å². The lowest BCUT2D eigenvalue weighted by Gasteiger charge is -2.63. The Morgan fingerprint density at radius 1 is 0.867 bits per heavy atom. The Balaban J connectivity index is 1.54. The molecule has 3 heteroatoms. The van der Waals surface area contributed by atoms with Crippen molar-refractivity contribution in [1.29, 1.82) is 0 Å². The standard InChI is InChI=1S/C27H47BrO2/c1-16(2)7-6-8-17(3)19-9-10-20-23-21(12-14-26(19,20)4)27(5)13-11-18(29)15-22(27)24(28)25(23)30/h16-25,29-30H,6-15H2,1-5H3/t17-,18-,19+,20-,21+,22-,23+,24-,25+,26-,27-/m1/s1. The van der Waals surface area contributed by atoms with Gasteiger partial charge < -0.3 is 10.2 Å². The van der Waals surface area contributed by atoms with E-state index in [1.54, 1.807) is 0 Å². The molecule has 0 aromatic rings. The van der Waals surface area contributed by atoms with Crippen LogP contribution in [0.15, 0.2) is 0 Å². The maximum absolute atomic E-state index is 11.6. The van der Waals surface area contributed by atoms with E-state index in [0.717, 1.165) is 37.0 Å². The van der Waals surface area contributed by atoms with Gasteiger partial charge in [-0.15, -0.1) is 0 Å². The second kappa shape index (κ2) is 8.64. The van der Waals surface area contributed by atoms with Crippen LogP contribution in [-0.2, 0) is 0 Å². The molecule has 4 fully saturated rings. The second-order valence-corrected chi connectivity index (χ2v) is 13.9. The van der Waals surface area contributed by atoms with Gasteiger partial charge in [-0.1, -0.05) is 69.8 Å². The maximum atomic E-state index is 11.6. The van der Waals surface area contributed by atoms with E-state index in [1.165, 1.54) is 44.9 Å². The number of halogens is 1. The van der Waals surface area contributed by atoms with E-state index in [0.29, 0.717) is 29.1 Å². The van der Waals surface area contributed by atoms with Crippen LogP contribution in [0, 0.1) is 52.3 Å². The van der Waals surface area contributed by atoms with Crippen molar-refractivity contribution >= 4 is 15.9 Å². The molecule has 174 valence electrons. The average molecular weight is 484 g/mol. The lowest BCUT2D eigenvalue weighted by Crippen LogP contribution is -2.62. The van der Waals surface area contributed by atoms with Gasteiger partial charge in [-0.2, -0.15) is 0 Å². The molecule has 4 saturated carbocycles. The monoisotopic (exact) mass is 482 g/mol. The summed E-state index contributed by atoms with van der Waals surface area (Å²) in [4.78, 5) is 0.142. The fraction of sp³-hybridized carbons (Fsp3) is 1.00. The molecule has 0 amide bonds. The molecular weight excluding hydrogens is 436 g/mol.